The van der Waals surface area contributed by atoms with Gasteiger partial charge in [0.05, 0.1) is 18.2 Å². The molecule has 2 rings (SSSR count). The van der Waals surface area contributed by atoms with E-state index in [4.69, 9.17) is 0 Å². The van der Waals surface area contributed by atoms with E-state index in [9.17, 15) is 19.1 Å². The number of benzene rings is 2. The number of methoxy groups -OCH3 is 1. The van der Waals surface area contributed by atoms with E-state index < -0.39 is 17.8 Å². The Morgan fingerprint density at radius 1 is 1.14 bits per heavy atom. The number of aryl methyl sites for hydroxylation is 1. The maximum absolute atomic E-state index is 13.7. The number of hydrogen-bond donors (Lipinski definition) is 1. The van der Waals surface area contributed by atoms with E-state index in [-0.39, 0.29) is 11.1 Å². The van der Waals surface area contributed by atoms with Crippen molar-refractivity contribution in [3.8, 4) is 11.1 Å². The van der Waals surface area contributed by atoms with E-state index in [1.54, 1.807) is 19.1 Å². The summed E-state index contributed by atoms with van der Waals surface area (Å²) >= 11 is 0. The molecule has 0 aromatic heterocycles. The van der Waals surface area contributed by atoms with Crippen molar-refractivity contribution >= 4 is 11.9 Å². The molecule has 0 unspecified atom stereocenters. The standard InChI is InChI=1S/C16H13FO4/c1-9-3-4-13(15(18)19)14(5-9)10-6-11(16(20)21-2)8-12(17)7-10/h3-8H,1-2H3,(H,18,19). The van der Waals surface area contributed by atoms with Crippen molar-refractivity contribution in [3.05, 3.63) is 58.9 Å². The molecule has 5 heteroatoms. The third kappa shape index (κ3) is 3.08. The smallest absolute Gasteiger partial charge is 0.337 e. The van der Waals surface area contributed by atoms with Crippen molar-refractivity contribution in [2.24, 2.45) is 0 Å². The number of ether oxygens (including phenoxy) is 1. The van der Waals surface area contributed by atoms with E-state index in [0.717, 1.165) is 11.6 Å². The summed E-state index contributed by atoms with van der Waals surface area (Å²) in [5.74, 6) is -2.43. The van der Waals surface area contributed by atoms with Crippen LogP contribution in [0.5, 0.6) is 0 Å². The second-order valence-corrected chi connectivity index (χ2v) is 4.57. The molecule has 0 fully saturated rings. The SMILES string of the molecule is COC(=O)c1cc(F)cc(-c2cc(C)ccc2C(=O)O)c1. The van der Waals surface area contributed by atoms with Gasteiger partial charge in [-0.2, -0.15) is 0 Å². The number of rotatable bonds is 3. The third-order valence-corrected chi connectivity index (χ3v) is 3.04. The summed E-state index contributed by atoms with van der Waals surface area (Å²) in [6, 6.07) is 8.40. The molecule has 2 aromatic carbocycles. The number of carbonyl (C=O) groups excluding carboxylic acids is 1. The monoisotopic (exact) mass is 288 g/mol. The number of aromatic carboxylic acids is 1. The minimum absolute atomic E-state index is 0.0327. The molecule has 0 bridgehead atoms. The van der Waals surface area contributed by atoms with Crippen LogP contribution >= 0.6 is 0 Å². The normalized spacial score (nSPS) is 10.2. The minimum atomic E-state index is -1.12. The lowest BCUT2D eigenvalue weighted by Gasteiger charge is -2.09. The van der Waals surface area contributed by atoms with Gasteiger partial charge < -0.3 is 9.84 Å². The molecule has 108 valence electrons. The van der Waals surface area contributed by atoms with Gasteiger partial charge in [0.25, 0.3) is 0 Å². The Labute approximate surface area is 120 Å². The van der Waals surface area contributed by atoms with E-state index >= 15 is 0 Å². The van der Waals surface area contributed by atoms with Crippen LogP contribution in [0, 0.1) is 12.7 Å². The Bertz CT molecular complexity index is 722. The Kier molecular flexibility index (Phi) is 4.03. The molecule has 0 aliphatic rings. The minimum Gasteiger partial charge on any atom is -0.478 e. The number of carboxylic acids is 1. The van der Waals surface area contributed by atoms with Gasteiger partial charge in [0.2, 0.25) is 0 Å². The van der Waals surface area contributed by atoms with Crippen LogP contribution in [0.1, 0.15) is 26.3 Å². The molecule has 0 spiro atoms. The molecular formula is C16H13FO4. The van der Waals surface area contributed by atoms with Crippen LogP contribution in [0.2, 0.25) is 0 Å². The highest BCUT2D eigenvalue weighted by Gasteiger charge is 2.15. The van der Waals surface area contributed by atoms with Crippen LogP contribution in [0.25, 0.3) is 11.1 Å². The largest absolute Gasteiger partial charge is 0.478 e. The summed E-state index contributed by atoms with van der Waals surface area (Å²) in [5.41, 5.74) is 1.58. The molecule has 0 radical (unpaired) electrons. The fourth-order valence-corrected chi connectivity index (χ4v) is 2.06. The molecule has 0 amide bonds. The maximum atomic E-state index is 13.7. The van der Waals surface area contributed by atoms with Gasteiger partial charge in [-0.25, -0.2) is 14.0 Å². The summed E-state index contributed by atoms with van der Waals surface area (Å²) in [4.78, 5) is 22.8. The van der Waals surface area contributed by atoms with E-state index in [2.05, 4.69) is 4.74 Å². The number of hydrogen-bond acceptors (Lipinski definition) is 3. The third-order valence-electron chi connectivity index (χ3n) is 3.04. The maximum Gasteiger partial charge on any atom is 0.337 e. The lowest BCUT2D eigenvalue weighted by atomic mass is 9.96. The first kappa shape index (κ1) is 14.7. The van der Waals surface area contributed by atoms with Crippen LogP contribution < -0.4 is 0 Å². The van der Waals surface area contributed by atoms with Crippen LogP contribution in [-0.4, -0.2) is 24.2 Å². The molecule has 2 aromatic rings. The molecule has 0 atom stereocenters. The van der Waals surface area contributed by atoms with Gasteiger partial charge in [0, 0.05) is 0 Å². The highest BCUT2D eigenvalue weighted by Crippen LogP contribution is 2.27. The second kappa shape index (κ2) is 5.75. The van der Waals surface area contributed by atoms with E-state index in [1.807, 2.05) is 0 Å². The number of carboxylic acid groups (broad SMARTS) is 1. The number of halogens is 1. The van der Waals surface area contributed by atoms with Gasteiger partial charge in [-0.1, -0.05) is 17.7 Å². The van der Waals surface area contributed by atoms with Crippen molar-refractivity contribution in [2.75, 3.05) is 7.11 Å². The Balaban J connectivity index is 2.66. The van der Waals surface area contributed by atoms with Gasteiger partial charge in [-0.05, 0) is 42.3 Å². The van der Waals surface area contributed by atoms with Crippen molar-refractivity contribution < 1.29 is 23.8 Å². The molecule has 0 saturated heterocycles. The van der Waals surface area contributed by atoms with E-state index in [1.165, 1.54) is 25.3 Å². The van der Waals surface area contributed by atoms with E-state index in [0.29, 0.717) is 11.1 Å². The zero-order chi connectivity index (χ0) is 15.6. The average Bonchev–Trinajstić information content (AvgIpc) is 2.45. The average molecular weight is 288 g/mol. The quantitative estimate of drug-likeness (QED) is 0.880. The zero-order valence-electron chi connectivity index (χ0n) is 11.5. The second-order valence-electron chi connectivity index (χ2n) is 4.57. The molecule has 1 N–H and O–H groups in total. The molecule has 0 aliphatic carbocycles. The van der Waals surface area contributed by atoms with Gasteiger partial charge in [0.1, 0.15) is 5.82 Å². The first-order valence-corrected chi connectivity index (χ1v) is 6.15. The van der Waals surface area contributed by atoms with Crippen LogP contribution in [-0.2, 0) is 4.74 Å². The molecule has 21 heavy (non-hydrogen) atoms. The summed E-state index contributed by atoms with van der Waals surface area (Å²) < 4.78 is 18.2. The molecule has 0 heterocycles. The van der Waals surface area contributed by atoms with Crippen LogP contribution in [0.4, 0.5) is 4.39 Å². The van der Waals surface area contributed by atoms with Crippen molar-refractivity contribution in [1.29, 1.82) is 0 Å². The Hall–Kier alpha value is -2.69. The van der Waals surface area contributed by atoms with Crippen molar-refractivity contribution in [1.82, 2.24) is 0 Å². The predicted octanol–water partition coefficient (Wildman–Crippen LogP) is 3.29. The fourth-order valence-electron chi connectivity index (χ4n) is 2.06. The Morgan fingerprint density at radius 3 is 2.48 bits per heavy atom. The van der Waals surface area contributed by atoms with Gasteiger partial charge >= 0.3 is 11.9 Å². The summed E-state index contributed by atoms with van der Waals surface area (Å²) in [5, 5.41) is 9.23. The summed E-state index contributed by atoms with van der Waals surface area (Å²) in [7, 11) is 1.20. The molecule has 0 saturated carbocycles. The summed E-state index contributed by atoms with van der Waals surface area (Å²) in [6.07, 6.45) is 0. The topological polar surface area (TPSA) is 63.6 Å². The van der Waals surface area contributed by atoms with Crippen LogP contribution in [0.15, 0.2) is 36.4 Å². The molecule has 0 aliphatic heterocycles. The van der Waals surface area contributed by atoms with Gasteiger partial charge in [0.15, 0.2) is 0 Å². The first-order valence-electron chi connectivity index (χ1n) is 6.15. The Morgan fingerprint density at radius 2 is 1.86 bits per heavy atom. The molecular weight excluding hydrogens is 275 g/mol. The zero-order valence-corrected chi connectivity index (χ0v) is 11.5. The lowest BCUT2D eigenvalue weighted by molar-refractivity contribution is 0.0599. The predicted molar refractivity (Wildman–Crippen MR) is 74.9 cm³/mol. The van der Waals surface area contributed by atoms with Crippen molar-refractivity contribution in [2.45, 2.75) is 6.92 Å². The van der Waals surface area contributed by atoms with Crippen molar-refractivity contribution in [3.63, 3.8) is 0 Å². The fraction of sp³-hybridized carbons (Fsp3) is 0.125. The number of esters is 1. The summed E-state index contributed by atoms with van der Waals surface area (Å²) in [6.45, 7) is 1.80. The highest BCUT2D eigenvalue weighted by atomic mass is 19.1. The first-order chi connectivity index (χ1) is 9.92. The highest BCUT2D eigenvalue weighted by molar-refractivity contribution is 5.97. The lowest BCUT2D eigenvalue weighted by Crippen LogP contribution is -2.04. The van der Waals surface area contributed by atoms with Gasteiger partial charge in [-0.3, -0.25) is 0 Å². The molecule has 4 nitrogen and oxygen atoms in total. The number of carbonyl (C=O) groups is 2. The van der Waals surface area contributed by atoms with Gasteiger partial charge in [-0.15, -0.1) is 0 Å². The van der Waals surface area contributed by atoms with Crippen LogP contribution in [0.3, 0.4) is 0 Å².